The monoisotopic (exact) mass is 310 g/mol. The van der Waals surface area contributed by atoms with E-state index in [1.807, 2.05) is 42.4 Å². The Morgan fingerprint density at radius 2 is 1.96 bits per heavy atom. The number of hydrogen-bond acceptors (Lipinski definition) is 3. The Kier molecular flexibility index (Phi) is 3.63. The number of amides is 1. The van der Waals surface area contributed by atoms with Gasteiger partial charge >= 0.3 is 0 Å². The molecule has 5 nitrogen and oxygen atoms in total. The molecule has 2 aliphatic rings. The van der Waals surface area contributed by atoms with Crippen LogP contribution in [0.4, 0.5) is 0 Å². The number of nitrogens with zero attached hydrogens (tertiary/aromatic N) is 4. The Bertz CT molecular complexity index is 711. The minimum Gasteiger partial charge on any atom is -0.340 e. The Hall–Kier alpha value is -2.17. The molecule has 0 spiro atoms. The first-order valence-electron chi connectivity index (χ1n) is 8.48. The van der Waals surface area contributed by atoms with E-state index < -0.39 is 0 Å². The van der Waals surface area contributed by atoms with Crippen molar-refractivity contribution in [3.8, 4) is 0 Å². The smallest absolute Gasteiger partial charge is 0.270 e. The second-order valence-corrected chi connectivity index (χ2v) is 6.63. The lowest BCUT2D eigenvalue weighted by atomic mass is 9.93. The normalized spacial score (nSPS) is 19.1. The fourth-order valence-electron chi connectivity index (χ4n) is 3.49. The Labute approximate surface area is 136 Å². The summed E-state index contributed by atoms with van der Waals surface area (Å²) in [4.78, 5) is 23.5. The summed E-state index contributed by atoms with van der Waals surface area (Å²) in [7, 11) is 0. The summed E-state index contributed by atoms with van der Waals surface area (Å²) in [5.41, 5.74) is 1.97. The predicted octanol–water partition coefficient (Wildman–Crippen LogP) is 2.94. The van der Waals surface area contributed by atoms with Crippen LogP contribution < -0.4 is 0 Å². The van der Waals surface area contributed by atoms with Crippen LogP contribution in [0.15, 0.2) is 30.6 Å². The first-order chi connectivity index (χ1) is 11.2. The molecule has 0 N–H and O–H groups in total. The zero-order valence-corrected chi connectivity index (χ0v) is 13.5. The van der Waals surface area contributed by atoms with Gasteiger partial charge in [0.25, 0.3) is 5.91 Å². The predicted molar refractivity (Wildman–Crippen MR) is 87.4 cm³/mol. The van der Waals surface area contributed by atoms with Crippen LogP contribution in [0, 0.1) is 6.92 Å². The lowest BCUT2D eigenvalue weighted by Crippen LogP contribution is -2.38. The van der Waals surface area contributed by atoms with Crippen LogP contribution in [0.3, 0.4) is 0 Å². The molecule has 1 saturated carbocycles. The molecule has 2 aromatic rings. The molecule has 1 amide bonds. The first kappa shape index (κ1) is 14.4. The highest BCUT2D eigenvalue weighted by Gasteiger charge is 2.30. The van der Waals surface area contributed by atoms with Crippen molar-refractivity contribution < 1.29 is 4.79 Å². The fraction of sp³-hybridized carbons (Fsp3) is 0.500. The number of carbonyl (C=O) groups is 1. The fourth-order valence-corrected chi connectivity index (χ4v) is 3.49. The van der Waals surface area contributed by atoms with E-state index in [9.17, 15) is 4.79 Å². The third-order valence-corrected chi connectivity index (χ3v) is 4.94. The first-order valence-corrected chi connectivity index (χ1v) is 8.48. The number of carbonyl (C=O) groups excluding carboxylic acids is 1. The van der Waals surface area contributed by atoms with Gasteiger partial charge in [0.15, 0.2) is 0 Å². The van der Waals surface area contributed by atoms with E-state index in [1.54, 1.807) is 0 Å². The SMILES string of the molecule is Cc1nccc(C2CCN(C(=O)c3cccn3C3CC3)CC2)n1. The Morgan fingerprint density at radius 3 is 2.65 bits per heavy atom. The molecule has 2 aromatic heterocycles. The second kappa shape index (κ2) is 5.80. The van der Waals surface area contributed by atoms with Crippen molar-refractivity contribution in [3.63, 3.8) is 0 Å². The van der Waals surface area contributed by atoms with Gasteiger partial charge in [-0.25, -0.2) is 9.97 Å². The van der Waals surface area contributed by atoms with Gasteiger partial charge in [0.2, 0.25) is 0 Å². The van der Waals surface area contributed by atoms with Gasteiger partial charge in [-0.15, -0.1) is 0 Å². The van der Waals surface area contributed by atoms with Crippen LogP contribution in [0.1, 0.15) is 59.6 Å². The summed E-state index contributed by atoms with van der Waals surface area (Å²) in [6.45, 7) is 3.54. The molecule has 1 saturated heterocycles. The largest absolute Gasteiger partial charge is 0.340 e. The maximum absolute atomic E-state index is 12.8. The zero-order chi connectivity index (χ0) is 15.8. The number of likely N-dealkylation sites (tertiary alicyclic amines) is 1. The van der Waals surface area contributed by atoms with E-state index in [-0.39, 0.29) is 5.91 Å². The summed E-state index contributed by atoms with van der Waals surface area (Å²) in [5, 5.41) is 0. The molecule has 0 bridgehead atoms. The average molecular weight is 310 g/mol. The van der Waals surface area contributed by atoms with Gasteiger partial charge < -0.3 is 9.47 Å². The van der Waals surface area contributed by atoms with Gasteiger partial charge in [-0.05, 0) is 50.8 Å². The maximum Gasteiger partial charge on any atom is 0.270 e. The van der Waals surface area contributed by atoms with E-state index in [0.717, 1.165) is 43.1 Å². The van der Waals surface area contributed by atoms with E-state index in [0.29, 0.717) is 12.0 Å². The molecule has 120 valence electrons. The van der Waals surface area contributed by atoms with Crippen molar-refractivity contribution in [3.05, 3.63) is 47.8 Å². The molecule has 5 heteroatoms. The number of aromatic nitrogens is 3. The maximum atomic E-state index is 12.8. The minimum absolute atomic E-state index is 0.180. The standard InChI is InChI=1S/C18H22N4O/c1-13-19-9-6-16(20-13)14-7-11-21(12-8-14)18(23)17-3-2-10-22(17)15-4-5-15/h2-3,6,9-10,14-15H,4-5,7-8,11-12H2,1H3. The van der Waals surface area contributed by atoms with E-state index in [4.69, 9.17) is 0 Å². The van der Waals surface area contributed by atoms with E-state index in [2.05, 4.69) is 14.5 Å². The van der Waals surface area contributed by atoms with Gasteiger partial charge in [-0.1, -0.05) is 0 Å². The molecule has 3 heterocycles. The molecule has 1 aliphatic carbocycles. The highest BCUT2D eigenvalue weighted by atomic mass is 16.2. The third-order valence-electron chi connectivity index (χ3n) is 4.94. The molecule has 4 rings (SSSR count). The Morgan fingerprint density at radius 1 is 1.17 bits per heavy atom. The summed E-state index contributed by atoms with van der Waals surface area (Å²) in [6, 6.07) is 6.50. The van der Waals surface area contributed by atoms with Gasteiger partial charge in [-0.2, -0.15) is 0 Å². The lowest BCUT2D eigenvalue weighted by Gasteiger charge is -2.32. The number of aryl methyl sites for hydroxylation is 1. The van der Waals surface area contributed by atoms with Crippen LogP contribution in [-0.2, 0) is 0 Å². The molecule has 0 unspecified atom stereocenters. The summed E-state index contributed by atoms with van der Waals surface area (Å²) in [5.74, 6) is 1.44. The molecule has 0 radical (unpaired) electrons. The molecule has 23 heavy (non-hydrogen) atoms. The molecule has 1 aliphatic heterocycles. The van der Waals surface area contributed by atoms with Crippen LogP contribution in [-0.4, -0.2) is 38.4 Å². The van der Waals surface area contributed by atoms with E-state index in [1.165, 1.54) is 12.8 Å². The van der Waals surface area contributed by atoms with Crippen LogP contribution in [0.5, 0.6) is 0 Å². The van der Waals surface area contributed by atoms with Crippen molar-refractivity contribution in [2.24, 2.45) is 0 Å². The van der Waals surface area contributed by atoms with Crippen molar-refractivity contribution >= 4 is 5.91 Å². The van der Waals surface area contributed by atoms with Crippen LogP contribution in [0.2, 0.25) is 0 Å². The second-order valence-electron chi connectivity index (χ2n) is 6.63. The van der Waals surface area contributed by atoms with Crippen molar-refractivity contribution in [2.45, 2.75) is 44.6 Å². The van der Waals surface area contributed by atoms with Crippen molar-refractivity contribution in [2.75, 3.05) is 13.1 Å². The summed E-state index contributed by atoms with van der Waals surface area (Å²) in [6.07, 6.45) is 8.23. The summed E-state index contributed by atoms with van der Waals surface area (Å²) < 4.78 is 2.15. The Balaban J connectivity index is 1.43. The number of piperidine rings is 1. The van der Waals surface area contributed by atoms with Gasteiger partial charge in [0.05, 0.1) is 0 Å². The van der Waals surface area contributed by atoms with Crippen LogP contribution in [0.25, 0.3) is 0 Å². The van der Waals surface area contributed by atoms with Gasteiger partial charge in [0, 0.05) is 43.1 Å². The number of hydrogen-bond donors (Lipinski definition) is 0. The van der Waals surface area contributed by atoms with Gasteiger partial charge in [0.1, 0.15) is 11.5 Å². The summed E-state index contributed by atoms with van der Waals surface area (Å²) >= 11 is 0. The average Bonchev–Trinajstić information content (AvgIpc) is 3.31. The highest BCUT2D eigenvalue weighted by molar-refractivity contribution is 5.93. The zero-order valence-electron chi connectivity index (χ0n) is 13.5. The third kappa shape index (κ3) is 2.87. The van der Waals surface area contributed by atoms with Crippen molar-refractivity contribution in [1.29, 1.82) is 0 Å². The molecule has 2 fully saturated rings. The quantitative estimate of drug-likeness (QED) is 0.876. The molecular formula is C18H22N4O. The lowest BCUT2D eigenvalue weighted by molar-refractivity contribution is 0.0701. The molecular weight excluding hydrogens is 288 g/mol. The number of rotatable bonds is 3. The minimum atomic E-state index is 0.180. The molecule has 0 aromatic carbocycles. The van der Waals surface area contributed by atoms with Crippen molar-refractivity contribution in [1.82, 2.24) is 19.4 Å². The van der Waals surface area contributed by atoms with E-state index >= 15 is 0 Å². The highest BCUT2D eigenvalue weighted by Crippen LogP contribution is 2.36. The molecule has 0 atom stereocenters. The topological polar surface area (TPSA) is 51.0 Å². The van der Waals surface area contributed by atoms with Crippen LogP contribution >= 0.6 is 0 Å². The van der Waals surface area contributed by atoms with Gasteiger partial charge in [-0.3, -0.25) is 4.79 Å².